The molecule has 0 aromatic carbocycles. The number of nitrogens with one attached hydrogen (secondary N) is 2. The van der Waals surface area contributed by atoms with Crippen LogP contribution in [0.15, 0.2) is 24.7 Å². The fourth-order valence-electron chi connectivity index (χ4n) is 3.34. The SMILES string of the molecule is NC1CCCC(Nc2cc(-c3c[nH]c4ncc(Cl)nc34)ncc2F)C1. The Morgan fingerprint density at radius 1 is 1.28 bits per heavy atom. The number of rotatable bonds is 3. The third-order valence-electron chi connectivity index (χ3n) is 4.56. The summed E-state index contributed by atoms with van der Waals surface area (Å²) in [6, 6.07) is 2.04. The van der Waals surface area contributed by atoms with Crippen molar-refractivity contribution in [3.8, 4) is 11.3 Å². The first kappa shape index (κ1) is 16.2. The summed E-state index contributed by atoms with van der Waals surface area (Å²) in [6.07, 6.45) is 8.34. The van der Waals surface area contributed by atoms with Gasteiger partial charge in [0, 0.05) is 23.8 Å². The number of nitrogens with zero attached hydrogens (tertiary/aromatic N) is 3. The molecule has 130 valence electrons. The maximum Gasteiger partial charge on any atom is 0.164 e. The van der Waals surface area contributed by atoms with Crippen molar-refractivity contribution in [3.63, 3.8) is 0 Å². The summed E-state index contributed by atoms with van der Waals surface area (Å²) in [7, 11) is 0. The number of nitrogens with two attached hydrogens (primary N) is 1. The molecule has 3 aromatic rings. The summed E-state index contributed by atoms with van der Waals surface area (Å²) in [5.74, 6) is -0.383. The molecule has 1 fully saturated rings. The van der Waals surface area contributed by atoms with Crippen LogP contribution in [0.5, 0.6) is 0 Å². The molecular weight excluding hydrogens is 343 g/mol. The van der Waals surface area contributed by atoms with Crippen molar-refractivity contribution >= 4 is 28.5 Å². The van der Waals surface area contributed by atoms with Crippen LogP contribution in [0.1, 0.15) is 25.7 Å². The Kier molecular flexibility index (Phi) is 4.27. The molecule has 1 aliphatic carbocycles. The number of anilines is 1. The zero-order chi connectivity index (χ0) is 17.4. The van der Waals surface area contributed by atoms with Crippen LogP contribution in [0.3, 0.4) is 0 Å². The van der Waals surface area contributed by atoms with Gasteiger partial charge in [-0.15, -0.1) is 0 Å². The quantitative estimate of drug-likeness (QED) is 0.664. The summed E-state index contributed by atoms with van der Waals surface area (Å²) < 4.78 is 14.2. The van der Waals surface area contributed by atoms with E-state index < -0.39 is 0 Å². The van der Waals surface area contributed by atoms with E-state index in [-0.39, 0.29) is 17.9 Å². The Hall–Kier alpha value is -2.25. The number of aromatic nitrogens is 4. The second-order valence-corrected chi connectivity index (χ2v) is 6.80. The predicted molar refractivity (Wildman–Crippen MR) is 95.9 cm³/mol. The number of hydrogen-bond acceptors (Lipinski definition) is 5. The summed E-state index contributed by atoms with van der Waals surface area (Å²) in [6.45, 7) is 0. The normalized spacial score (nSPS) is 20.8. The molecule has 0 bridgehead atoms. The summed E-state index contributed by atoms with van der Waals surface area (Å²) >= 11 is 5.94. The first-order valence-corrected chi connectivity index (χ1v) is 8.65. The van der Waals surface area contributed by atoms with E-state index in [0.717, 1.165) is 31.2 Å². The van der Waals surface area contributed by atoms with E-state index in [1.54, 1.807) is 12.3 Å². The zero-order valence-corrected chi connectivity index (χ0v) is 14.2. The molecule has 0 amide bonds. The Morgan fingerprint density at radius 2 is 2.16 bits per heavy atom. The lowest BCUT2D eigenvalue weighted by Gasteiger charge is -2.28. The van der Waals surface area contributed by atoms with Gasteiger partial charge >= 0.3 is 0 Å². The number of fused-ring (bicyclic) bond motifs is 1. The van der Waals surface area contributed by atoms with Crippen molar-refractivity contribution in [2.45, 2.75) is 37.8 Å². The lowest BCUT2D eigenvalue weighted by atomic mass is 9.91. The van der Waals surface area contributed by atoms with Gasteiger partial charge in [-0.05, 0) is 31.7 Å². The minimum Gasteiger partial charge on any atom is -0.380 e. The molecule has 1 saturated carbocycles. The molecular formula is C17H18ClFN6. The van der Waals surface area contributed by atoms with E-state index in [2.05, 4.69) is 25.3 Å². The smallest absolute Gasteiger partial charge is 0.164 e. The van der Waals surface area contributed by atoms with Crippen LogP contribution in [0.25, 0.3) is 22.4 Å². The molecule has 8 heteroatoms. The molecule has 3 aromatic heterocycles. The Balaban J connectivity index is 1.67. The lowest BCUT2D eigenvalue weighted by Crippen LogP contribution is -2.35. The third kappa shape index (κ3) is 3.29. The van der Waals surface area contributed by atoms with Crippen LogP contribution in [0.4, 0.5) is 10.1 Å². The second kappa shape index (κ2) is 6.57. The van der Waals surface area contributed by atoms with E-state index in [1.807, 2.05) is 0 Å². The summed E-state index contributed by atoms with van der Waals surface area (Å²) in [5.41, 5.74) is 9.00. The van der Waals surface area contributed by atoms with Crippen LogP contribution in [0.2, 0.25) is 5.15 Å². The highest BCUT2D eigenvalue weighted by atomic mass is 35.5. The van der Waals surface area contributed by atoms with Crippen LogP contribution >= 0.6 is 11.6 Å². The molecule has 0 aliphatic heterocycles. The number of hydrogen-bond donors (Lipinski definition) is 3. The number of halogens is 2. The molecule has 6 nitrogen and oxygen atoms in total. The van der Waals surface area contributed by atoms with Gasteiger partial charge in [0.25, 0.3) is 0 Å². The Morgan fingerprint density at radius 3 is 3.00 bits per heavy atom. The molecule has 0 radical (unpaired) electrons. The average molecular weight is 361 g/mol. The van der Waals surface area contributed by atoms with Crippen LogP contribution in [-0.2, 0) is 0 Å². The maximum absolute atomic E-state index is 14.2. The topological polar surface area (TPSA) is 92.5 Å². The van der Waals surface area contributed by atoms with Gasteiger partial charge in [0.1, 0.15) is 10.7 Å². The molecule has 1 aliphatic rings. The highest BCUT2D eigenvalue weighted by molar-refractivity contribution is 6.29. The number of H-pyrrole nitrogens is 1. The van der Waals surface area contributed by atoms with Crippen molar-refractivity contribution in [1.29, 1.82) is 0 Å². The molecule has 2 unspecified atom stereocenters. The van der Waals surface area contributed by atoms with E-state index in [1.165, 1.54) is 12.4 Å². The molecule has 0 saturated heterocycles. The van der Waals surface area contributed by atoms with Gasteiger partial charge in [0.2, 0.25) is 0 Å². The second-order valence-electron chi connectivity index (χ2n) is 6.41. The summed E-state index contributed by atoms with van der Waals surface area (Å²) in [4.78, 5) is 15.7. The van der Waals surface area contributed by atoms with Gasteiger partial charge in [0.15, 0.2) is 11.5 Å². The van der Waals surface area contributed by atoms with Crippen molar-refractivity contribution in [1.82, 2.24) is 19.9 Å². The molecule has 25 heavy (non-hydrogen) atoms. The van der Waals surface area contributed by atoms with Crippen LogP contribution in [0, 0.1) is 5.82 Å². The van der Waals surface area contributed by atoms with Gasteiger partial charge in [-0.1, -0.05) is 11.6 Å². The van der Waals surface area contributed by atoms with Crippen LogP contribution < -0.4 is 11.1 Å². The summed E-state index contributed by atoms with van der Waals surface area (Å²) in [5, 5.41) is 3.57. The molecule has 4 rings (SSSR count). The van der Waals surface area contributed by atoms with Gasteiger partial charge in [-0.25, -0.2) is 14.4 Å². The fourth-order valence-corrected chi connectivity index (χ4v) is 3.47. The lowest BCUT2D eigenvalue weighted by molar-refractivity contribution is 0.408. The monoisotopic (exact) mass is 360 g/mol. The Labute approximate surface area is 149 Å². The molecule has 2 atom stereocenters. The Bertz CT molecular complexity index is 911. The van der Waals surface area contributed by atoms with Crippen molar-refractivity contribution < 1.29 is 4.39 Å². The maximum atomic E-state index is 14.2. The average Bonchev–Trinajstić information content (AvgIpc) is 3.00. The zero-order valence-electron chi connectivity index (χ0n) is 13.5. The van der Waals surface area contributed by atoms with Gasteiger partial charge < -0.3 is 16.0 Å². The largest absolute Gasteiger partial charge is 0.380 e. The minimum atomic E-state index is -0.383. The van der Waals surface area contributed by atoms with Gasteiger partial charge in [-0.3, -0.25) is 4.98 Å². The van der Waals surface area contributed by atoms with Crippen molar-refractivity contribution in [2.75, 3.05) is 5.32 Å². The third-order valence-corrected chi connectivity index (χ3v) is 4.74. The number of aromatic amines is 1. The van der Waals surface area contributed by atoms with E-state index >= 15 is 0 Å². The standard InChI is InChI=1S/C17H18ClFN6/c18-15-8-23-17-16(25-15)11(6-22-17)13-5-14(12(19)7-21-13)24-10-3-1-2-9(20)4-10/h5-10H,1-4,20H2,(H,21,24)(H,22,23). The fraction of sp³-hybridized carbons (Fsp3) is 0.353. The minimum absolute atomic E-state index is 0.168. The van der Waals surface area contributed by atoms with Gasteiger partial charge in [0.05, 0.1) is 23.8 Å². The molecule has 4 N–H and O–H groups in total. The molecule has 3 heterocycles. The van der Waals surface area contributed by atoms with Crippen molar-refractivity contribution in [2.24, 2.45) is 5.73 Å². The van der Waals surface area contributed by atoms with E-state index in [9.17, 15) is 4.39 Å². The van der Waals surface area contributed by atoms with Crippen molar-refractivity contribution in [3.05, 3.63) is 35.6 Å². The predicted octanol–water partition coefficient (Wildman–Crippen LogP) is 3.49. The van der Waals surface area contributed by atoms with E-state index in [4.69, 9.17) is 17.3 Å². The highest BCUT2D eigenvalue weighted by Crippen LogP contribution is 2.29. The first-order valence-electron chi connectivity index (χ1n) is 8.28. The van der Waals surface area contributed by atoms with E-state index in [0.29, 0.717) is 27.7 Å². The van der Waals surface area contributed by atoms with Gasteiger partial charge in [-0.2, -0.15) is 0 Å². The first-order chi connectivity index (χ1) is 12.1. The number of pyridine rings is 1. The molecule has 0 spiro atoms. The van der Waals surface area contributed by atoms with Crippen LogP contribution in [-0.4, -0.2) is 32.0 Å². The highest BCUT2D eigenvalue weighted by Gasteiger charge is 2.21.